The molecule has 0 aliphatic carbocycles. The van der Waals surface area contributed by atoms with Crippen molar-refractivity contribution in [2.24, 2.45) is 0 Å². The number of nitrogens with one attached hydrogen (secondary N) is 1. The fraction of sp³-hybridized carbons (Fsp3) is 0.278. The summed E-state index contributed by atoms with van der Waals surface area (Å²) in [5.74, 6) is 0.101. The van der Waals surface area contributed by atoms with Gasteiger partial charge in [0.05, 0.1) is 24.2 Å². The summed E-state index contributed by atoms with van der Waals surface area (Å²) in [5.41, 5.74) is 1.51. The van der Waals surface area contributed by atoms with E-state index in [1.165, 1.54) is 19.2 Å². The van der Waals surface area contributed by atoms with Gasteiger partial charge in [0.1, 0.15) is 5.75 Å². The number of carbonyl (C=O) groups excluding carboxylic acids is 1. The topological polar surface area (TPSA) is 81.7 Å². The molecule has 0 aliphatic rings. The van der Waals surface area contributed by atoms with Gasteiger partial charge in [-0.25, -0.2) is 17.9 Å². The second-order valence-electron chi connectivity index (χ2n) is 5.38. The van der Waals surface area contributed by atoms with Gasteiger partial charge in [0, 0.05) is 6.54 Å². The van der Waals surface area contributed by atoms with Crippen LogP contribution < -0.4 is 9.46 Å². The summed E-state index contributed by atoms with van der Waals surface area (Å²) in [5, 5.41) is 0. The predicted molar refractivity (Wildman–Crippen MR) is 94.2 cm³/mol. The minimum Gasteiger partial charge on any atom is -0.494 e. The molecule has 25 heavy (non-hydrogen) atoms. The Morgan fingerprint density at radius 1 is 1.16 bits per heavy atom. The molecule has 1 N–H and O–H groups in total. The normalized spacial score (nSPS) is 11.2. The van der Waals surface area contributed by atoms with E-state index in [0.29, 0.717) is 17.9 Å². The first-order valence-corrected chi connectivity index (χ1v) is 9.26. The Morgan fingerprint density at radius 3 is 2.60 bits per heavy atom. The SMILES string of the molecule is CCOc1cccc(CNS(=O)(=O)c2cc(C(=O)OC)ccc2C)c1. The van der Waals surface area contributed by atoms with E-state index >= 15 is 0 Å². The highest BCUT2D eigenvalue weighted by Crippen LogP contribution is 2.19. The van der Waals surface area contributed by atoms with Gasteiger partial charge in [-0.05, 0) is 49.2 Å². The molecular formula is C18H21NO5S. The molecule has 2 aromatic carbocycles. The number of benzene rings is 2. The molecule has 0 bridgehead atoms. The Kier molecular flexibility index (Phi) is 6.17. The number of carbonyl (C=O) groups is 1. The summed E-state index contributed by atoms with van der Waals surface area (Å²) < 4.78 is 37.8. The first kappa shape index (κ1) is 19.0. The zero-order valence-electron chi connectivity index (χ0n) is 14.4. The van der Waals surface area contributed by atoms with Crippen molar-refractivity contribution in [2.45, 2.75) is 25.3 Å². The van der Waals surface area contributed by atoms with Crippen LogP contribution in [0.15, 0.2) is 47.4 Å². The highest BCUT2D eigenvalue weighted by molar-refractivity contribution is 7.89. The number of methoxy groups -OCH3 is 1. The lowest BCUT2D eigenvalue weighted by Gasteiger charge is -2.11. The molecule has 0 heterocycles. The van der Waals surface area contributed by atoms with Crippen molar-refractivity contribution >= 4 is 16.0 Å². The third-order valence-electron chi connectivity index (χ3n) is 3.57. The van der Waals surface area contributed by atoms with Crippen LogP contribution in [0, 0.1) is 6.92 Å². The van der Waals surface area contributed by atoms with Crippen molar-refractivity contribution in [3.05, 3.63) is 59.2 Å². The third kappa shape index (κ3) is 4.80. The molecule has 0 spiro atoms. The summed E-state index contributed by atoms with van der Waals surface area (Å²) in [4.78, 5) is 11.7. The van der Waals surface area contributed by atoms with E-state index in [0.717, 1.165) is 5.56 Å². The van der Waals surface area contributed by atoms with Crippen molar-refractivity contribution in [1.29, 1.82) is 0 Å². The van der Waals surface area contributed by atoms with Gasteiger partial charge in [0.15, 0.2) is 0 Å². The monoisotopic (exact) mass is 363 g/mol. The number of ether oxygens (including phenoxy) is 2. The molecule has 6 nitrogen and oxygen atoms in total. The van der Waals surface area contributed by atoms with Crippen LogP contribution in [0.25, 0.3) is 0 Å². The van der Waals surface area contributed by atoms with Gasteiger partial charge in [-0.3, -0.25) is 0 Å². The molecule has 7 heteroatoms. The molecule has 134 valence electrons. The minimum absolute atomic E-state index is 0.0522. The number of esters is 1. The van der Waals surface area contributed by atoms with Crippen LogP contribution in [0.1, 0.15) is 28.4 Å². The number of sulfonamides is 1. The lowest BCUT2D eigenvalue weighted by atomic mass is 10.1. The van der Waals surface area contributed by atoms with Gasteiger partial charge in [-0.2, -0.15) is 0 Å². The highest BCUT2D eigenvalue weighted by atomic mass is 32.2. The van der Waals surface area contributed by atoms with Gasteiger partial charge in [0.2, 0.25) is 10.0 Å². The second-order valence-corrected chi connectivity index (χ2v) is 7.11. The third-order valence-corrected chi connectivity index (χ3v) is 5.12. The molecule has 0 saturated carbocycles. The zero-order valence-corrected chi connectivity index (χ0v) is 15.2. The smallest absolute Gasteiger partial charge is 0.337 e. The van der Waals surface area contributed by atoms with E-state index in [-0.39, 0.29) is 17.0 Å². The predicted octanol–water partition coefficient (Wildman–Crippen LogP) is 2.66. The van der Waals surface area contributed by atoms with Gasteiger partial charge >= 0.3 is 5.97 Å². The minimum atomic E-state index is -3.78. The van der Waals surface area contributed by atoms with Gasteiger partial charge in [-0.15, -0.1) is 0 Å². The van der Waals surface area contributed by atoms with E-state index in [1.54, 1.807) is 25.1 Å². The van der Waals surface area contributed by atoms with Gasteiger partial charge < -0.3 is 9.47 Å². The van der Waals surface area contributed by atoms with E-state index in [4.69, 9.17) is 4.74 Å². The molecule has 0 saturated heterocycles. The standard InChI is InChI=1S/C18H21NO5S/c1-4-24-16-7-5-6-14(10-16)12-19-25(21,22)17-11-15(18(20)23-3)9-8-13(17)2/h5-11,19H,4,12H2,1-3H3. The quantitative estimate of drug-likeness (QED) is 0.765. The van der Waals surface area contributed by atoms with E-state index in [1.807, 2.05) is 19.1 Å². The maximum Gasteiger partial charge on any atom is 0.337 e. The summed E-state index contributed by atoms with van der Waals surface area (Å²) >= 11 is 0. The molecule has 0 aliphatic heterocycles. The maximum atomic E-state index is 12.6. The summed E-state index contributed by atoms with van der Waals surface area (Å²) in [6.45, 7) is 4.21. The van der Waals surface area contributed by atoms with E-state index in [9.17, 15) is 13.2 Å². The summed E-state index contributed by atoms with van der Waals surface area (Å²) in [6, 6.07) is 11.6. The Labute approximate surface area is 147 Å². The molecule has 0 atom stereocenters. The molecule has 2 rings (SSSR count). The van der Waals surface area contributed by atoms with E-state index in [2.05, 4.69) is 9.46 Å². The highest BCUT2D eigenvalue weighted by Gasteiger charge is 2.19. The maximum absolute atomic E-state index is 12.6. The average molecular weight is 363 g/mol. The Bertz CT molecular complexity index is 862. The average Bonchev–Trinajstić information content (AvgIpc) is 2.60. The molecule has 0 fully saturated rings. The number of hydrogen-bond acceptors (Lipinski definition) is 5. The summed E-state index contributed by atoms with van der Waals surface area (Å²) in [7, 11) is -2.53. The van der Waals surface area contributed by atoms with Gasteiger partial charge in [0.25, 0.3) is 0 Å². The van der Waals surface area contributed by atoms with Crippen LogP contribution in [0.2, 0.25) is 0 Å². The van der Waals surface area contributed by atoms with Crippen LogP contribution in [0.5, 0.6) is 5.75 Å². The van der Waals surface area contributed by atoms with Crippen LogP contribution in [-0.2, 0) is 21.3 Å². The lowest BCUT2D eigenvalue weighted by molar-refractivity contribution is 0.0600. The van der Waals surface area contributed by atoms with Crippen LogP contribution in [-0.4, -0.2) is 28.1 Å². The van der Waals surface area contributed by atoms with Crippen LogP contribution in [0.3, 0.4) is 0 Å². The summed E-state index contributed by atoms with van der Waals surface area (Å²) in [6.07, 6.45) is 0. The Hall–Kier alpha value is -2.38. The molecular weight excluding hydrogens is 342 g/mol. The number of aryl methyl sites for hydroxylation is 1. The lowest BCUT2D eigenvalue weighted by Crippen LogP contribution is -2.24. The molecule has 0 amide bonds. The van der Waals surface area contributed by atoms with E-state index < -0.39 is 16.0 Å². The van der Waals surface area contributed by atoms with Crippen molar-refractivity contribution in [1.82, 2.24) is 4.72 Å². The zero-order chi connectivity index (χ0) is 18.4. The first-order valence-electron chi connectivity index (χ1n) is 7.77. The molecule has 0 unspecified atom stereocenters. The first-order chi connectivity index (χ1) is 11.9. The van der Waals surface area contributed by atoms with Crippen LogP contribution in [0.4, 0.5) is 0 Å². The Balaban J connectivity index is 2.22. The Morgan fingerprint density at radius 2 is 1.92 bits per heavy atom. The second kappa shape index (κ2) is 8.13. The van der Waals surface area contributed by atoms with Crippen molar-refractivity contribution in [3.63, 3.8) is 0 Å². The van der Waals surface area contributed by atoms with Crippen molar-refractivity contribution in [2.75, 3.05) is 13.7 Å². The fourth-order valence-corrected chi connectivity index (χ4v) is 3.59. The van der Waals surface area contributed by atoms with Crippen molar-refractivity contribution < 1.29 is 22.7 Å². The fourth-order valence-electron chi connectivity index (χ4n) is 2.30. The van der Waals surface area contributed by atoms with Crippen molar-refractivity contribution in [3.8, 4) is 5.75 Å². The van der Waals surface area contributed by atoms with Crippen LogP contribution >= 0.6 is 0 Å². The molecule has 2 aromatic rings. The number of hydrogen-bond donors (Lipinski definition) is 1. The largest absolute Gasteiger partial charge is 0.494 e. The molecule has 0 radical (unpaired) electrons. The number of rotatable bonds is 7. The molecule has 0 aromatic heterocycles. The van der Waals surface area contributed by atoms with Gasteiger partial charge in [-0.1, -0.05) is 18.2 Å².